The number of likely N-dealkylation sites (tertiary alicyclic amines) is 1. The largest absolute Gasteiger partial charge is 0.756 e. The van der Waals surface area contributed by atoms with Gasteiger partial charge in [0.15, 0.2) is 0 Å². The number of carbonyl (C=O) groups excluding carboxylic acids is 1. The van der Waals surface area contributed by atoms with Crippen molar-refractivity contribution in [1.29, 1.82) is 0 Å². The lowest BCUT2D eigenvalue weighted by Gasteiger charge is -2.26. The minimum atomic E-state index is -4.40. The van der Waals surface area contributed by atoms with Gasteiger partial charge in [0.25, 0.3) is 13.7 Å². The quantitative estimate of drug-likeness (QED) is 0.322. The van der Waals surface area contributed by atoms with Gasteiger partial charge in [0.2, 0.25) is 0 Å². The van der Waals surface area contributed by atoms with Crippen LogP contribution in [-0.4, -0.2) is 83.2 Å². The van der Waals surface area contributed by atoms with Crippen molar-refractivity contribution in [3.8, 4) is 5.75 Å². The molecule has 1 aromatic rings. The van der Waals surface area contributed by atoms with E-state index in [0.29, 0.717) is 37.6 Å². The number of hydrogen-bond acceptors (Lipinski definition) is 9. The molecule has 0 aliphatic carbocycles. The minimum Gasteiger partial charge on any atom is -0.756 e. The van der Waals surface area contributed by atoms with Crippen LogP contribution < -0.4 is 14.9 Å². The fourth-order valence-corrected chi connectivity index (χ4v) is 4.17. The summed E-state index contributed by atoms with van der Waals surface area (Å²) in [7, 11) is -1.01. The lowest BCUT2D eigenvalue weighted by molar-refractivity contribution is -0.228. The van der Waals surface area contributed by atoms with Crippen LogP contribution in [0.25, 0.3) is 0 Å². The first-order valence-corrected chi connectivity index (χ1v) is 11.7. The minimum absolute atomic E-state index is 0.00582. The van der Waals surface area contributed by atoms with Gasteiger partial charge in [-0.05, 0) is 44.7 Å². The van der Waals surface area contributed by atoms with E-state index in [1.165, 1.54) is 7.11 Å². The first-order valence-electron chi connectivity index (χ1n) is 10.3. The summed E-state index contributed by atoms with van der Waals surface area (Å²) in [6.07, 6.45) is -0.335. The molecule has 0 spiro atoms. The van der Waals surface area contributed by atoms with Gasteiger partial charge < -0.3 is 38.4 Å². The predicted octanol–water partition coefficient (Wildman–Crippen LogP) is 1.05. The van der Waals surface area contributed by atoms with Gasteiger partial charge in [0.05, 0.1) is 38.6 Å². The number of amides is 1. The average molecular weight is 459 g/mol. The Morgan fingerprint density at radius 3 is 2.65 bits per heavy atom. The predicted molar refractivity (Wildman–Crippen MR) is 112 cm³/mol. The number of phosphoric ester groups is 1. The van der Waals surface area contributed by atoms with Crippen molar-refractivity contribution in [2.24, 2.45) is 0 Å². The highest BCUT2D eigenvalue weighted by Gasteiger charge is 2.37. The Bertz CT molecular complexity index is 718. The fraction of sp³-hybridized carbons (Fsp3) is 0.650. The van der Waals surface area contributed by atoms with Gasteiger partial charge in [-0.25, -0.2) is 0 Å². The van der Waals surface area contributed by atoms with Crippen molar-refractivity contribution >= 4 is 13.7 Å². The van der Waals surface area contributed by atoms with E-state index in [1.54, 1.807) is 36.1 Å². The molecule has 1 aromatic carbocycles. The van der Waals surface area contributed by atoms with E-state index in [9.17, 15) is 14.3 Å². The SMILES string of the molecule is CCOP(=O)([O-])OC1CC(COC)N(C(=O)c2ccc(OCCOCCNC)cc2)C1. The number of likely N-dealkylation sites (N-methyl/N-ethyl adjacent to an activating group) is 1. The normalized spacial score (nSPS) is 20.6. The third-order valence-corrected chi connectivity index (χ3v) is 5.79. The summed E-state index contributed by atoms with van der Waals surface area (Å²) in [5.41, 5.74) is 0.467. The van der Waals surface area contributed by atoms with Gasteiger partial charge in [-0.1, -0.05) is 0 Å². The summed E-state index contributed by atoms with van der Waals surface area (Å²) in [4.78, 5) is 26.4. The zero-order chi connectivity index (χ0) is 22.7. The molecule has 1 heterocycles. The summed E-state index contributed by atoms with van der Waals surface area (Å²) >= 11 is 0. The number of phosphoric acid groups is 1. The van der Waals surface area contributed by atoms with E-state index < -0.39 is 13.9 Å². The number of methoxy groups -OCH3 is 1. The first-order chi connectivity index (χ1) is 14.9. The number of carbonyl (C=O) groups is 1. The molecule has 10 nitrogen and oxygen atoms in total. The zero-order valence-corrected chi connectivity index (χ0v) is 19.2. The summed E-state index contributed by atoms with van der Waals surface area (Å²) in [5.74, 6) is 0.404. The van der Waals surface area contributed by atoms with Gasteiger partial charge in [0, 0.05) is 25.8 Å². The van der Waals surface area contributed by atoms with Crippen molar-refractivity contribution in [1.82, 2.24) is 10.2 Å². The smallest absolute Gasteiger partial charge is 0.268 e. The molecule has 2 rings (SSSR count). The maximum absolute atomic E-state index is 13.0. The molecule has 0 saturated carbocycles. The van der Waals surface area contributed by atoms with E-state index in [0.717, 1.165) is 6.54 Å². The molecule has 1 N–H and O–H groups in total. The van der Waals surface area contributed by atoms with Crippen molar-refractivity contribution in [2.75, 3.05) is 60.3 Å². The van der Waals surface area contributed by atoms with Crippen molar-refractivity contribution < 1.29 is 37.5 Å². The Balaban J connectivity index is 1.92. The monoisotopic (exact) mass is 459 g/mol. The van der Waals surface area contributed by atoms with E-state index in [1.807, 2.05) is 7.05 Å². The lowest BCUT2D eigenvalue weighted by atomic mass is 10.1. The Morgan fingerprint density at radius 2 is 2.00 bits per heavy atom. The molecule has 0 bridgehead atoms. The molecule has 1 amide bonds. The number of nitrogens with one attached hydrogen (secondary N) is 1. The molecule has 1 aliphatic heterocycles. The Hall–Kier alpha value is -1.52. The Morgan fingerprint density at radius 1 is 1.26 bits per heavy atom. The lowest BCUT2D eigenvalue weighted by Crippen LogP contribution is -2.38. The fourth-order valence-electron chi connectivity index (χ4n) is 3.27. The van der Waals surface area contributed by atoms with Crippen LogP contribution in [-0.2, 0) is 23.1 Å². The van der Waals surface area contributed by atoms with Crippen molar-refractivity contribution in [3.63, 3.8) is 0 Å². The topological polar surface area (TPSA) is 119 Å². The van der Waals surface area contributed by atoms with E-state index in [-0.39, 0.29) is 31.7 Å². The van der Waals surface area contributed by atoms with Crippen LogP contribution in [0.1, 0.15) is 23.7 Å². The number of rotatable bonds is 14. The highest BCUT2D eigenvalue weighted by atomic mass is 31.2. The molecule has 1 aliphatic rings. The molecule has 0 radical (unpaired) electrons. The van der Waals surface area contributed by atoms with Crippen LogP contribution in [0.5, 0.6) is 5.75 Å². The number of nitrogens with zero attached hydrogens (tertiary/aromatic N) is 1. The number of hydrogen-bond donors (Lipinski definition) is 1. The average Bonchev–Trinajstić information content (AvgIpc) is 3.12. The van der Waals surface area contributed by atoms with Crippen LogP contribution in [0.15, 0.2) is 24.3 Å². The maximum Gasteiger partial charge on any atom is 0.268 e. The molecule has 11 heteroatoms. The third-order valence-electron chi connectivity index (χ3n) is 4.66. The van der Waals surface area contributed by atoms with Gasteiger partial charge in [0.1, 0.15) is 12.4 Å². The second-order valence-corrected chi connectivity index (χ2v) is 8.35. The van der Waals surface area contributed by atoms with E-state index in [2.05, 4.69) is 9.84 Å². The maximum atomic E-state index is 13.0. The van der Waals surface area contributed by atoms with Crippen LogP contribution >= 0.6 is 7.82 Å². The molecule has 176 valence electrons. The second kappa shape index (κ2) is 13.1. The molecular formula is C20H32N2O8P-. The highest BCUT2D eigenvalue weighted by molar-refractivity contribution is 7.45. The van der Waals surface area contributed by atoms with Crippen LogP contribution in [0.4, 0.5) is 0 Å². The highest BCUT2D eigenvalue weighted by Crippen LogP contribution is 2.42. The third kappa shape index (κ3) is 8.50. The first kappa shape index (κ1) is 25.7. The summed E-state index contributed by atoms with van der Waals surface area (Å²) in [6.45, 7) is 4.25. The van der Waals surface area contributed by atoms with Gasteiger partial charge in [-0.15, -0.1) is 0 Å². The Kier molecular flexibility index (Phi) is 10.9. The van der Waals surface area contributed by atoms with Gasteiger partial charge >= 0.3 is 0 Å². The molecule has 3 unspecified atom stereocenters. The summed E-state index contributed by atoms with van der Waals surface area (Å²) in [6, 6.07) is 6.50. The number of benzene rings is 1. The molecular weight excluding hydrogens is 427 g/mol. The van der Waals surface area contributed by atoms with Crippen LogP contribution in [0, 0.1) is 0 Å². The van der Waals surface area contributed by atoms with Crippen molar-refractivity contribution in [3.05, 3.63) is 29.8 Å². The van der Waals surface area contributed by atoms with E-state index in [4.69, 9.17) is 18.7 Å². The summed E-state index contributed by atoms with van der Waals surface area (Å²) < 4.78 is 37.8. The van der Waals surface area contributed by atoms with Gasteiger partial charge in [-0.2, -0.15) is 0 Å². The molecule has 31 heavy (non-hydrogen) atoms. The molecule has 3 atom stereocenters. The van der Waals surface area contributed by atoms with Crippen molar-refractivity contribution in [2.45, 2.75) is 25.5 Å². The van der Waals surface area contributed by atoms with Crippen LogP contribution in [0.2, 0.25) is 0 Å². The van der Waals surface area contributed by atoms with E-state index >= 15 is 0 Å². The number of ether oxygens (including phenoxy) is 3. The van der Waals surface area contributed by atoms with Crippen LogP contribution in [0.3, 0.4) is 0 Å². The molecule has 1 saturated heterocycles. The molecule has 1 fully saturated rings. The van der Waals surface area contributed by atoms with Gasteiger partial charge in [-0.3, -0.25) is 9.36 Å². The summed E-state index contributed by atoms with van der Waals surface area (Å²) in [5, 5.41) is 2.99. The standard InChI is InChI=1S/C20H33N2O8P/c1-4-29-31(24,25)30-19-13-17(15-26-3)22(14-19)20(23)16-5-7-18(8-6-16)28-12-11-27-10-9-21-2/h5-8,17,19,21H,4,9-15H2,1-3H3,(H,24,25)/p-1. The zero-order valence-electron chi connectivity index (χ0n) is 18.3. The molecule has 0 aromatic heterocycles. The second-order valence-electron chi connectivity index (χ2n) is 6.98. The Labute approximate surface area is 183 Å².